The number of rotatable bonds is 2. The highest BCUT2D eigenvalue weighted by Crippen LogP contribution is 2.18. The van der Waals surface area contributed by atoms with Crippen LogP contribution in [0, 0.1) is 32.1 Å². The standard InChI is InChI=1S/C14H13N3O/c1-8-6-11-12(7-9(8)2)17-14(10(3)16-11)13(18)4-5-15/h6-7H,4H2,1-3H3. The van der Waals surface area contributed by atoms with Crippen molar-refractivity contribution in [2.45, 2.75) is 27.2 Å². The fourth-order valence-electron chi connectivity index (χ4n) is 1.82. The predicted octanol–water partition coefficient (Wildman–Crippen LogP) is 2.65. The first-order chi connectivity index (χ1) is 8.52. The number of carbonyl (C=O) groups excluding carboxylic acids is 1. The summed E-state index contributed by atoms with van der Waals surface area (Å²) in [4.78, 5) is 20.5. The SMILES string of the molecule is Cc1cc2nc(C)c(C(=O)CC#N)nc2cc1C. The minimum atomic E-state index is -0.275. The lowest BCUT2D eigenvalue weighted by atomic mass is 10.1. The second-order valence-corrected chi connectivity index (χ2v) is 4.34. The summed E-state index contributed by atoms with van der Waals surface area (Å²) in [5, 5.41) is 8.56. The van der Waals surface area contributed by atoms with Gasteiger partial charge >= 0.3 is 0 Å². The first-order valence-electron chi connectivity index (χ1n) is 5.68. The van der Waals surface area contributed by atoms with Gasteiger partial charge in [0.1, 0.15) is 12.1 Å². The molecule has 0 aliphatic heterocycles. The van der Waals surface area contributed by atoms with Crippen molar-refractivity contribution in [2.75, 3.05) is 0 Å². The van der Waals surface area contributed by atoms with Crippen LogP contribution in [0.15, 0.2) is 12.1 Å². The fraction of sp³-hybridized carbons (Fsp3) is 0.286. The number of benzene rings is 1. The quantitative estimate of drug-likeness (QED) is 0.755. The molecule has 0 N–H and O–H groups in total. The third-order valence-corrected chi connectivity index (χ3v) is 2.96. The topological polar surface area (TPSA) is 66.6 Å². The number of hydrogen-bond acceptors (Lipinski definition) is 4. The Morgan fingerprint density at radius 3 is 2.28 bits per heavy atom. The van der Waals surface area contributed by atoms with Crippen molar-refractivity contribution in [2.24, 2.45) is 0 Å². The first-order valence-corrected chi connectivity index (χ1v) is 5.68. The number of fused-ring (bicyclic) bond motifs is 1. The smallest absolute Gasteiger partial charge is 0.197 e. The summed E-state index contributed by atoms with van der Waals surface area (Å²) in [6, 6.07) is 5.72. The first kappa shape index (κ1) is 12.2. The number of aryl methyl sites for hydroxylation is 3. The van der Waals surface area contributed by atoms with Crippen LogP contribution in [0.5, 0.6) is 0 Å². The van der Waals surface area contributed by atoms with Crippen molar-refractivity contribution in [1.82, 2.24) is 9.97 Å². The van der Waals surface area contributed by atoms with Crippen LogP contribution in [-0.4, -0.2) is 15.8 Å². The number of aromatic nitrogens is 2. The average Bonchev–Trinajstić information content (AvgIpc) is 2.31. The molecule has 4 nitrogen and oxygen atoms in total. The van der Waals surface area contributed by atoms with Gasteiger partial charge in [0.15, 0.2) is 5.78 Å². The maximum atomic E-state index is 11.7. The molecule has 2 aromatic rings. The lowest BCUT2D eigenvalue weighted by Crippen LogP contribution is -2.06. The molecule has 0 aliphatic carbocycles. The third kappa shape index (κ3) is 2.07. The number of carbonyl (C=O) groups is 1. The fourth-order valence-corrected chi connectivity index (χ4v) is 1.82. The van der Waals surface area contributed by atoms with E-state index in [1.54, 1.807) is 6.92 Å². The van der Waals surface area contributed by atoms with Gasteiger partial charge in [0, 0.05) is 0 Å². The van der Waals surface area contributed by atoms with Crippen LogP contribution in [0.4, 0.5) is 0 Å². The number of hydrogen-bond donors (Lipinski definition) is 0. The lowest BCUT2D eigenvalue weighted by molar-refractivity contribution is 0.0992. The zero-order chi connectivity index (χ0) is 13.3. The van der Waals surface area contributed by atoms with Gasteiger partial charge in [-0.15, -0.1) is 0 Å². The van der Waals surface area contributed by atoms with Gasteiger partial charge in [0.25, 0.3) is 0 Å². The second-order valence-electron chi connectivity index (χ2n) is 4.34. The molecule has 0 saturated heterocycles. The molecule has 0 bridgehead atoms. The Morgan fingerprint density at radius 2 is 1.72 bits per heavy atom. The molecule has 0 unspecified atom stereocenters. The minimum Gasteiger partial charge on any atom is -0.291 e. The summed E-state index contributed by atoms with van der Waals surface area (Å²) in [5.74, 6) is -0.275. The molecule has 0 aliphatic rings. The van der Waals surface area contributed by atoms with Gasteiger partial charge in [0.05, 0.1) is 22.8 Å². The Bertz CT molecular complexity index is 683. The average molecular weight is 239 g/mol. The van der Waals surface area contributed by atoms with Crippen molar-refractivity contribution in [1.29, 1.82) is 5.26 Å². The Balaban J connectivity index is 2.65. The van der Waals surface area contributed by atoms with Crippen LogP contribution in [-0.2, 0) is 0 Å². The summed E-state index contributed by atoms with van der Waals surface area (Å²) in [7, 11) is 0. The summed E-state index contributed by atoms with van der Waals surface area (Å²) in [6.07, 6.45) is -0.161. The predicted molar refractivity (Wildman–Crippen MR) is 68.3 cm³/mol. The minimum absolute atomic E-state index is 0.161. The van der Waals surface area contributed by atoms with Crippen molar-refractivity contribution in [3.05, 3.63) is 34.6 Å². The molecule has 0 fully saturated rings. The highest BCUT2D eigenvalue weighted by Gasteiger charge is 2.13. The highest BCUT2D eigenvalue weighted by molar-refractivity contribution is 5.98. The molecule has 0 amide bonds. The number of nitrogens with zero attached hydrogens (tertiary/aromatic N) is 3. The van der Waals surface area contributed by atoms with E-state index in [2.05, 4.69) is 9.97 Å². The molecule has 2 rings (SSSR count). The van der Waals surface area contributed by atoms with Crippen LogP contribution < -0.4 is 0 Å². The second kappa shape index (κ2) is 4.53. The molecule has 4 heteroatoms. The van der Waals surface area contributed by atoms with Crippen molar-refractivity contribution < 1.29 is 4.79 Å². The number of nitriles is 1. The maximum absolute atomic E-state index is 11.7. The zero-order valence-electron chi connectivity index (χ0n) is 10.6. The largest absolute Gasteiger partial charge is 0.291 e. The van der Waals surface area contributed by atoms with Crippen LogP contribution in [0.2, 0.25) is 0 Å². The van der Waals surface area contributed by atoms with E-state index in [0.717, 1.165) is 16.6 Å². The normalized spacial score (nSPS) is 10.3. The van der Waals surface area contributed by atoms with E-state index in [-0.39, 0.29) is 12.2 Å². The Morgan fingerprint density at radius 1 is 1.17 bits per heavy atom. The highest BCUT2D eigenvalue weighted by atomic mass is 16.1. The van der Waals surface area contributed by atoms with Crippen LogP contribution in [0.1, 0.15) is 33.7 Å². The monoisotopic (exact) mass is 239 g/mol. The molecule has 90 valence electrons. The van der Waals surface area contributed by atoms with Gasteiger partial charge in [-0.05, 0) is 44.0 Å². The molecule has 1 heterocycles. The van der Waals surface area contributed by atoms with E-state index >= 15 is 0 Å². The Kier molecular flexibility index (Phi) is 3.07. The molecule has 18 heavy (non-hydrogen) atoms. The van der Waals surface area contributed by atoms with Crippen molar-refractivity contribution in [3.8, 4) is 6.07 Å². The van der Waals surface area contributed by atoms with Gasteiger partial charge in [0.2, 0.25) is 0 Å². The van der Waals surface area contributed by atoms with Gasteiger partial charge < -0.3 is 0 Å². The van der Waals surface area contributed by atoms with Gasteiger partial charge in [-0.25, -0.2) is 9.97 Å². The molecule has 0 radical (unpaired) electrons. The summed E-state index contributed by atoms with van der Waals surface area (Å²) in [6.45, 7) is 5.75. The van der Waals surface area contributed by atoms with E-state index in [1.807, 2.05) is 32.0 Å². The Hall–Kier alpha value is -2.28. The summed E-state index contributed by atoms with van der Waals surface area (Å²) in [5.41, 5.74) is 4.61. The van der Waals surface area contributed by atoms with E-state index in [4.69, 9.17) is 5.26 Å². The van der Waals surface area contributed by atoms with E-state index in [1.165, 1.54) is 0 Å². The van der Waals surface area contributed by atoms with Crippen LogP contribution in [0.3, 0.4) is 0 Å². The molecular weight excluding hydrogens is 226 g/mol. The summed E-state index contributed by atoms with van der Waals surface area (Å²) < 4.78 is 0. The molecule has 0 atom stereocenters. The Labute approximate surface area is 105 Å². The number of ketones is 1. The summed E-state index contributed by atoms with van der Waals surface area (Å²) >= 11 is 0. The van der Waals surface area contributed by atoms with E-state index in [9.17, 15) is 4.79 Å². The van der Waals surface area contributed by atoms with Crippen LogP contribution >= 0.6 is 0 Å². The van der Waals surface area contributed by atoms with Gasteiger partial charge in [-0.3, -0.25) is 4.79 Å². The lowest BCUT2D eigenvalue weighted by Gasteiger charge is -2.06. The third-order valence-electron chi connectivity index (χ3n) is 2.96. The zero-order valence-corrected chi connectivity index (χ0v) is 10.6. The molecule has 1 aromatic heterocycles. The van der Waals surface area contributed by atoms with E-state index < -0.39 is 0 Å². The maximum Gasteiger partial charge on any atom is 0.197 e. The molecular formula is C14H13N3O. The molecule has 1 aromatic carbocycles. The molecule has 0 spiro atoms. The van der Waals surface area contributed by atoms with E-state index in [0.29, 0.717) is 16.9 Å². The van der Waals surface area contributed by atoms with Gasteiger partial charge in [-0.1, -0.05) is 0 Å². The van der Waals surface area contributed by atoms with Crippen molar-refractivity contribution >= 4 is 16.8 Å². The number of Topliss-reactive ketones (excluding diaryl/α,β-unsaturated/α-hetero) is 1. The van der Waals surface area contributed by atoms with Crippen LogP contribution in [0.25, 0.3) is 11.0 Å². The molecule has 0 saturated carbocycles. The van der Waals surface area contributed by atoms with Gasteiger partial charge in [-0.2, -0.15) is 5.26 Å². The van der Waals surface area contributed by atoms with Crippen molar-refractivity contribution in [3.63, 3.8) is 0 Å².